The van der Waals surface area contributed by atoms with Crippen LogP contribution in [0.15, 0.2) is 18.2 Å². The maximum Gasteiger partial charge on any atom is 0.124 e. The highest BCUT2D eigenvalue weighted by Gasteiger charge is 2.03. The first-order valence-corrected chi connectivity index (χ1v) is 5.81. The van der Waals surface area contributed by atoms with Crippen LogP contribution in [0.2, 0.25) is 0 Å². The molecule has 0 aromatic heterocycles. The molecule has 1 rings (SSSR count). The first-order chi connectivity index (χ1) is 7.81. The van der Waals surface area contributed by atoms with Crippen LogP contribution in [-0.4, -0.2) is 13.7 Å². The lowest BCUT2D eigenvalue weighted by atomic mass is 10.2. The molecule has 0 saturated carbocycles. The maximum absolute atomic E-state index is 5.69. The summed E-state index contributed by atoms with van der Waals surface area (Å²) in [5.41, 5.74) is 6.67. The molecule has 0 bridgehead atoms. The molecule has 0 spiro atoms. The van der Waals surface area contributed by atoms with E-state index in [0.717, 1.165) is 30.1 Å². The van der Waals surface area contributed by atoms with Gasteiger partial charge in [-0.1, -0.05) is 19.8 Å². The van der Waals surface area contributed by atoms with Crippen molar-refractivity contribution < 1.29 is 9.47 Å². The molecule has 0 aliphatic carbocycles. The molecule has 0 saturated heterocycles. The predicted octanol–water partition coefficient (Wildman–Crippen LogP) is 2.72. The van der Waals surface area contributed by atoms with Crippen LogP contribution in [0.5, 0.6) is 11.5 Å². The fourth-order valence-electron chi connectivity index (χ4n) is 1.52. The molecule has 0 atom stereocenters. The van der Waals surface area contributed by atoms with Gasteiger partial charge in [0.2, 0.25) is 0 Å². The molecule has 3 nitrogen and oxygen atoms in total. The number of unbranched alkanes of at least 4 members (excludes halogenated alkanes) is 2. The fraction of sp³-hybridized carbons (Fsp3) is 0.538. The Morgan fingerprint density at radius 1 is 1.25 bits per heavy atom. The molecule has 3 heteroatoms. The van der Waals surface area contributed by atoms with E-state index in [1.54, 1.807) is 7.11 Å². The van der Waals surface area contributed by atoms with E-state index in [-0.39, 0.29) is 0 Å². The highest BCUT2D eigenvalue weighted by Crippen LogP contribution is 2.23. The van der Waals surface area contributed by atoms with Gasteiger partial charge in [-0.15, -0.1) is 0 Å². The number of rotatable bonds is 7. The summed E-state index contributed by atoms with van der Waals surface area (Å²) in [6, 6.07) is 5.75. The average molecular weight is 223 g/mol. The molecule has 0 fully saturated rings. The number of ether oxygens (including phenoxy) is 2. The molecule has 16 heavy (non-hydrogen) atoms. The Kier molecular flexibility index (Phi) is 5.72. The lowest BCUT2D eigenvalue weighted by Gasteiger charge is -2.11. The van der Waals surface area contributed by atoms with E-state index in [1.165, 1.54) is 12.8 Å². The van der Waals surface area contributed by atoms with E-state index in [4.69, 9.17) is 15.2 Å². The average Bonchev–Trinajstić information content (AvgIpc) is 2.34. The third-order valence-electron chi connectivity index (χ3n) is 2.49. The van der Waals surface area contributed by atoms with Gasteiger partial charge in [0.05, 0.1) is 13.7 Å². The van der Waals surface area contributed by atoms with Crippen molar-refractivity contribution in [1.29, 1.82) is 0 Å². The van der Waals surface area contributed by atoms with Gasteiger partial charge < -0.3 is 15.2 Å². The zero-order valence-electron chi connectivity index (χ0n) is 10.2. The van der Waals surface area contributed by atoms with E-state index >= 15 is 0 Å². The van der Waals surface area contributed by atoms with E-state index < -0.39 is 0 Å². The highest BCUT2D eigenvalue weighted by molar-refractivity contribution is 5.40. The Balaban J connectivity index is 2.57. The number of methoxy groups -OCH3 is 1. The van der Waals surface area contributed by atoms with Crippen LogP contribution in [0.3, 0.4) is 0 Å². The summed E-state index contributed by atoms with van der Waals surface area (Å²) in [5.74, 6) is 1.70. The summed E-state index contributed by atoms with van der Waals surface area (Å²) in [4.78, 5) is 0. The number of hydrogen-bond acceptors (Lipinski definition) is 3. The molecule has 0 heterocycles. The van der Waals surface area contributed by atoms with Crippen molar-refractivity contribution in [3.63, 3.8) is 0 Å². The molecule has 0 aliphatic heterocycles. The van der Waals surface area contributed by atoms with Crippen molar-refractivity contribution in [1.82, 2.24) is 0 Å². The lowest BCUT2D eigenvalue weighted by molar-refractivity contribution is 0.302. The molecule has 0 aliphatic rings. The van der Waals surface area contributed by atoms with Crippen LogP contribution in [0.4, 0.5) is 0 Å². The van der Waals surface area contributed by atoms with Gasteiger partial charge in [-0.3, -0.25) is 0 Å². The molecule has 1 aromatic rings. The van der Waals surface area contributed by atoms with Gasteiger partial charge in [0.25, 0.3) is 0 Å². The molecule has 2 N–H and O–H groups in total. The summed E-state index contributed by atoms with van der Waals surface area (Å²) in [6.45, 7) is 3.41. The van der Waals surface area contributed by atoms with Crippen LogP contribution in [0, 0.1) is 0 Å². The maximum atomic E-state index is 5.69. The quantitative estimate of drug-likeness (QED) is 0.723. The zero-order chi connectivity index (χ0) is 11.8. The summed E-state index contributed by atoms with van der Waals surface area (Å²) in [7, 11) is 1.65. The first-order valence-electron chi connectivity index (χ1n) is 5.81. The van der Waals surface area contributed by atoms with Crippen molar-refractivity contribution >= 4 is 0 Å². The predicted molar refractivity (Wildman–Crippen MR) is 65.9 cm³/mol. The second-order valence-corrected chi connectivity index (χ2v) is 3.73. The first kappa shape index (κ1) is 12.8. The van der Waals surface area contributed by atoms with Gasteiger partial charge >= 0.3 is 0 Å². The second-order valence-electron chi connectivity index (χ2n) is 3.73. The minimum absolute atomic E-state index is 0.473. The van der Waals surface area contributed by atoms with Crippen molar-refractivity contribution in [3.05, 3.63) is 23.8 Å². The van der Waals surface area contributed by atoms with Gasteiger partial charge in [0.15, 0.2) is 0 Å². The molecule has 90 valence electrons. The number of hydrogen-bond donors (Lipinski definition) is 1. The Hall–Kier alpha value is -1.22. The van der Waals surface area contributed by atoms with Crippen LogP contribution in [-0.2, 0) is 6.54 Å². The SMILES string of the molecule is CCCCCOc1ccc(OC)cc1CN. The van der Waals surface area contributed by atoms with Crippen LogP contribution < -0.4 is 15.2 Å². The lowest BCUT2D eigenvalue weighted by Crippen LogP contribution is -2.04. The Labute approximate surface area is 97.6 Å². The molecule has 0 unspecified atom stereocenters. The smallest absolute Gasteiger partial charge is 0.124 e. The van der Waals surface area contributed by atoms with Crippen LogP contribution in [0.1, 0.15) is 31.7 Å². The highest BCUT2D eigenvalue weighted by atomic mass is 16.5. The van der Waals surface area contributed by atoms with Crippen molar-refractivity contribution in [2.45, 2.75) is 32.7 Å². The topological polar surface area (TPSA) is 44.5 Å². The minimum Gasteiger partial charge on any atom is -0.497 e. The van der Waals surface area contributed by atoms with Gasteiger partial charge in [-0.2, -0.15) is 0 Å². The van der Waals surface area contributed by atoms with Gasteiger partial charge in [0, 0.05) is 12.1 Å². The third-order valence-corrected chi connectivity index (χ3v) is 2.49. The van der Waals surface area contributed by atoms with Crippen LogP contribution >= 0.6 is 0 Å². The Morgan fingerprint density at radius 2 is 2.06 bits per heavy atom. The Morgan fingerprint density at radius 3 is 2.69 bits per heavy atom. The molecular formula is C13H21NO2. The number of nitrogens with two attached hydrogens (primary N) is 1. The largest absolute Gasteiger partial charge is 0.497 e. The van der Waals surface area contributed by atoms with Gasteiger partial charge in [-0.05, 0) is 24.6 Å². The monoisotopic (exact) mass is 223 g/mol. The summed E-state index contributed by atoms with van der Waals surface area (Å²) in [6.07, 6.45) is 3.50. The van der Waals surface area contributed by atoms with Crippen molar-refractivity contribution in [3.8, 4) is 11.5 Å². The summed E-state index contributed by atoms with van der Waals surface area (Å²) < 4.78 is 10.8. The molecular weight excluding hydrogens is 202 g/mol. The second kappa shape index (κ2) is 7.12. The van der Waals surface area contributed by atoms with Gasteiger partial charge in [0.1, 0.15) is 11.5 Å². The molecule has 0 radical (unpaired) electrons. The molecule has 1 aromatic carbocycles. The Bertz CT molecular complexity index is 313. The fourth-order valence-corrected chi connectivity index (χ4v) is 1.52. The van der Waals surface area contributed by atoms with E-state index in [9.17, 15) is 0 Å². The third kappa shape index (κ3) is 3.74. The molecule has 0 amide bonds. The normalized spacial score (nSPS) is 10.2. The van der Waals surface area contributed by atoms with Crippen molar-refractivity contribution in [2.75, 3.05) is 13.7 Å². The van der Waals surface area contributed by atoms with Gasteiger partial charge in [-0.25, -0.2) is 0 Å². The summed E-state index contributed by atoms with van der Waals surface area (Å²) in [5, 5.41) is 0. The summed E-state index contributed by atoms with van der Waals surface area (Å²) >= 11 is 0. The number of benzene rings is 1. The minimum atomic E-state index is 0.473. The van der Waals surface area contributed by atoms with E-state index in [1.807, 2.05) is 18.2 Å². The van der Waals surface area contributed by atoms with E-state index in [0.29, 0.717) is 6.54 Å². The van der Waals surface area contributed by atoms with Crippen LogP contribution in [0.25, 0.3) is 0 Å². The standard InChI is InChI=1S/C13H21NO2/c1-3-4-5-8-16-13-7-6-12(15-2)9-11(13)10-14/h6-7,9H,3-5,8,10,14H2,1-2H3. The zero-order valence-corrected chi connectivity index (χ0v) is 10.2. The van der Waals surface area contributed by atoms with Crippen molar-refractivity contribution in [2.24, 2.45) is 5.73 Å². The van der Waals surface area contributed by atoms with E-state index in [2.05, 4.69) is 6.92 Å².